The molecule has 0 radical (unpaired) electrons. The van der Waals surface area contributed by atoms with E-state index in [1.54, 1.807) is 11.1 Å². The van der Waals surface area contributed by atoms with Gasteiger partial charge in [0.05, 0.1) is 0 Å². The third-order valence-corrected chi connectivity index (χ3v) is 4.59. The number of nitrogens with one attached hydrogen (secondary N) is 1. The maximum Gasteiger partial charge on any atom is 0.0337 e. The van der Waals surface area contributed by atoms with E-state index in [1.807, 2.05) is 11.8 Å². The molecule has 2 nitrogen and oxygen atoms in total. The lowest BCUT2D eigenvalue weighted by molar-refractivity contribution is 0.502. The van der Waals surface area contributed by atoms with E-state index in [9.17, 15) is 0 Å². The van der Waals surface area contributed by atoms with Crippen molar-refractivity contribution in [3.63, 3.8) is 0 Å². The number of aryl methyl sites for hydroxylation is 2. The van der Waals surface area contributed by atoms with Crippen molar-refractivity contribution in [3.8, 4) is 0 Å². The lowest BCUT2D eigenvalue weighted by Gasteiger charge is -2.15. The van der Waals surface area contributed by atoms with Crippen LogP contribution < -0.4 is 5.32 Å². The molecule has 0 saturated heterocycles. The Morgan fingerprint density at radius 2 is 2.22 bits per heavy atom. The highest BCUT2D eigenvalue weighted by Crippen LogP contribution is 2.29. The zero-order chi connectivity index (χ0) is 12.8. The molecule has 1 N–H and O–H groups in total. The molecule has 0 aliphatic heterocycles. The molecule has 18 heavy (non-hydrogen) atoms. The minimum atomic E-state index is 0.590. The third kappa shape index (κ3) is 3.55. The first kappa shape index (κ1) is 14.0. The fourth-order valence-electron chi connectivity index (χ4n) is 2.82. The second kappa shape index (κ2) is 7.25. The maximum atomic E-state index is 3.64. The standard InChI is InChI=1S/C15H26N2S/c1-3-16-15-8-6-5-7-13-11-17(12-14(13)15)9-10-18-4-2/h11-12,15-16H,3-10H2,1-2H3. The summed E-state index contributed by atoms with van der Waals surface area (Å²) < 4.78 is 2.41. The van der Waals surface area contributed by atoms with Crippen molar-refractivity contribution in [2.75, 3.05) is 18.1 Å². The van der Waals surface area contributed by atoms with Crippen LogP contribution >= 0.6 is 11.8 Å². The molecule has 102 valence electrons. The van der Waals surface area contributed by atoms with Gasteiger partial charge in [0.25, 0.3) is 0 Å². The van der Waals surface area contributed by atoms with Gasteiger partial charge in [-0.05, 0) is 42.7 Å². The van der Waals surface area contributed by atoms with Gasteiger partial charge in [0.2, 0.25) is 0 Å². The fraction of sp³-hybridized carbons (Fsp3) is 0.733. The van der Waals surface area contributed by atoms with Crippen molar-refractivity contribution in [1.82, 2.24) is 9.88 Å². The van der Waals surface area contributed by atoms with Crippen molar-refractivity contribution < 1.29 is 0 Å². The monoisotopic (exact) mass is 266 g/mol. The lowest BCUT2D eigenvalue weighted by Crippen LogP contribution is -2.20. The van der Waals surface area contributed by atoms with Gasteiger partial charge in [0.1, 0.15) is 0 Å². The zero-order valence-corrected chi connectivity index (χ0v) is 12.6. The maximum absolute atomic E-state index is 3.64. The first-order valence-corrected chi connectivity index (χ1v) is 8.50. The number of aromatic nitrogens is 1. The van der Waals surface area contributed by atoms with Crippen LogP contribution in [0.1, 0.15) is 50.3 Å². The summed E-state index contributed by atoms with van der Waals surface area (Å²) >= 11 is 2.03. The minimum Gasteiger partial charge on any atom is -0.353 e. The second-order valence-corrected chi connectivity index (χ2v) is 6.42. The van der Waals surface area contributed by atoms with E-state index in [4.69, 9.17) is 0 Å². The van der Waals surface area contributed by atoms with Crippen LogP contribution in [0.3, 0.4) is 0 Å². The molecule has 1 aliphatic rings. The van der Waals surface area contributed by atoms with Gasteiger partial charge in [-0.1, -0.05) is 20.3 Å². The fourth-order valence-corrected chi connectivity index (χ4v) is 3.45. The predicted molar refractivity (Wildman–Crippen MR) is 81.4 cm³/mol. The highest BCUT2D eigenvalue weighted by molar-refractivity contribution is 7.99. The SMILES string of the molecule is CCNC1CCCCc2cn(CCSCC)cc21. The summed E-state index contributed by atoms with van der Waals surface area (Å²) in [5.74, 6) is 2.46. The molecule has 1 heterocycles. The molecular formula is C15H26N2S. The van der Waals surface area contributed by atoms with Crippen LogP contribution in [0.4, 0.5) is 0 Å². The van der Waals surface area contributed by atoms with E-state index in [0.29, 0.717) is 6.04 Å². The first-order valence-electron chi connectivity index (χ1n) is 7.34. The highest BCUT2D eigenvalue weighted by Gasteiger charge is 2.19. The molecule has 0 saturated carbocycles. The van der Waals surface area contributed by atoms with Gasteiger partial charge in [-0.3, -0.25) is 0 Å². The summed E-state index contributed by atoms with van der Waals surface area (Å²) in [7, 11) is 0. The number of fused-ring (bicyclic) bond motifs is 1. The second-order valence-electron chi connectivity index (χ2n) is 5.03. The molecule has 1 aromatic heterocycles. The predicted octanol–water partition coefficient (Wildman–Crippen LogP) is 3.62. The molecule has 1 unspecified atom stereocenters. The molecule has 1 atom stereocenters. The summed E-state index contributed by atoms with van der Waals surface area (Å²) in [6.07, 6.45) is 10.1. The summed E-state index contributed by atoms with van der Waals surface area (Å²) in [5.41, 5.74) is 3.15. The lowest BCUT2D eigenvalue weighted by atomic mass is 10.0. The van der Waals surface area contributed by atoms with Crippen molar-refractivity contribution in [1.29, 1.82) is 0 Å². The largest absolute Gasteiger partial charge is 0.353 e. The van der Waals surface area contributed by atoms with E-state index in [1.165, 1.54) is 37.2 Å². The summed E-state index contributed by atoms with van der Waals surface area (Å²) in [4.78, 5) is 0. The number of hydrogen-bond acceptors (Lipinski definition) is 2. The number of hydrogen-bond donors (Lipinski definition) is 1. The Balaban J connectivity index is 2.06. The van der Waals surface area contributed by atoms with Gasteiger partial charge >= 0.3 is 0 Å². The Bertz CT molecular complexity index is 359. The van der Waals surface area contributed by atoms with Gasteiger partial charge in [-0.15, -0.1) is 0 Å². The van der Waals surface area contributed by atoms with Crippen LogP contribution in [0.5, 0.6) is 0 Å². The number of thioether (sulfide) groups is 1. The van der Waals surface area contributed by atoms with E-state index in [2.05, 4.69) is 36.1 Å². The molecule has 1 aliphatic carbocycles. The van der Waals surface area contributed by atoms with Gasteiger partial charge < -0.3 is 9.88 Å². The molecule has 2 rings (SSSR count). The molecule has 0 fully saturated rings. The molecule has 0 aromatic carbocycles. The van der Waals surface area contributed by atoms with E-state index in [-0.39, 0.29) is 0 Å². The summed E-state index contributed by atoms with van der Waals surface area (Å²) in [6, 6.07) is 0.590. The zero-order valence-electron chi connectivity index (χ0n) is 11.7. The highest BCUT2D eigenvalue weighted by atomic mass is 32.2. The first-order chi connectivity index (χ1) is 8.85. The number of rotatable bonds is 6. The average Bonchev–Trinajstić information content (AvgIpc) is 2.68. The van der Waals surface area contributed by atoms with Gasteiger partial charge in [0, 0.05) is 30.7 Å². The molecule has 0 spiro atoms. The van der Waals surface area contributed by atoms with Gasteiger partial charge in [-0.25, -0.2) is 0 Å². The van der Waals surface area contributed by atoms with Crippen LogP contribution in [0.15, 0.2) is 12.4 Å². The van der Waals surface area contributed by atoms with Crippen molar-refractivity contribution in [2.45, 2.75) is 52.1 Å². The Labute approximate surface area is 116 Å². The quantitative estimate of drug-likeness (QED) is 0.625. The van der Waals surface area contributed by atoms with Crippen molar-refractivity contribution in [3.05, 3.63) is 23.5 Å². The Kier molecular flexibility index (Phi) is 5.64. The van der Waals surface area contributed by atoms with E-state index in [0.717, 1.165) is 13.1 Å². The molecular weight excluding hydrogens is 240 g/mol. The van der Waals surface area contributed by atoms with Crippen LogP contribution in [0.2, 0.25) is 0 Å². The van der Waals surface area contributed by atoms with Crippen LogP contribution in [0.25, 0.3) is 0 Å². The molecule has 0 bridgehead atoms. The molecule has 1 aromatic rings. The summed E-state index contributed by atoms with van der Waals surface area (Å²) in [5, 5.41) is 3.64. The Hall–Kier alpha value is -0.410. The molecule has 3 heteroatoms. The number of nitrogens with zero attached hydrogens (tertiary/aromatic N) is 1. The van der Waals surface area contributed by atoms with Gasteiger partial charge in [0.15, 0.2) is 0 Å². The topological polar surface area (TPSA) is 17.0 Å². The average molecular weight is 266 g/mol. The van der Waals surface area contributed by atoms with E-state index < -0.39 is 0 Å². The van der Waals surface area contributed by atoms with Crippen molar-refractivity contribution >= 4 is 11.8 Å². The Morgan fingerprint density at radius 3 is 3.00 bits per heavy atom. The van der Waals surface area contributed by atoms with Crippen LogP contribution in [0, 0.1) is 0 Å². The smallest absolute Gasteiger partial charge is 0.0337 e. The summed E-state index contributed by atoms with van der Waals surface area (Å²) in [6.45, 7) is 6.67. The molecule has 0 amide bonds. The van der Waals surface area contributed by atoms with Crippen molar-refractivity contribution in [2.24, 2.45) is 0 Å². The third-order valence-electron chi connectivity index (χ3n) is 3.71. The van der Waals surface area contributed by atoms with Crippen LogP contribution in [-0.4, -0.2) is 22.6 Å². The van der Waals surface area contributed by atoms with E-state index >= 15 is 0 Å². The normalized spacial score (nSPS) is 19.6. The van der Waals surface area contributed by atoms with Gasteiger partial charge in [-0.2, -0.15) is 11.8 Å². The van der Waals surface area contributed by atoms with Crippen LogP contribution in [-0.2, 0) is 13.0 Å². The minimum absolute atomic E-state index is 0.590. The Morgan fingerprint density at radius 1 is 1.33 bits per heavy atom.